The predicted octanol–water partition coefficient (Wildman–Crippen LogP) is 4.49. The maximum absolute atomic E-state index is 12.5. The van der Waals surface area contributed by atoms with E-state index >= 15 is 0 Å². The van der Waals surface area contributed by atoms with E-state index in [1.54, 1.807) is 37.4 Å². The summed E-state index contributed by atoms with van der Waals surface area (Å²) in [6.07, 6.45) is 0. The minimum Gasteiger partial charge on any atom is -0.497 e. The summed E-state index contributed by atoms with van der Waals surface area (Å²) in [5, 5.41) is 22.7. The van der Waals surface area contributed by atoms with Crippen molar-refractivity contribution in [1.82, 2.24) is 14.8 Å². The molecule has 178 valence electrons. The summed E-state index contributed by atoms with van der Waals surface area (Å²) < 4.78 is 12.9. The highest BCUT2D eigenvalue weighted by atomic mass is 32.2. The first-order valence-electron chi connectivity index (χ1n) is 10.5. The van der Waals surface area contributed by atoms with Crippen LogP contribution in [0.5, 0.6) is 11.5 Å². The second kappa shape index (κ2) is 11.2. The van der Waals surface area contributed by atoms with E-state index in [-0.39, 0.29) is 24.0 Å². The van der Waals surface area contributed by atoms with Gasteiger partial charge >= 0.3 is 0 Å². The fourth-order valence-electron chi connectivity index (χ4n) is 3.17. The molecule has 0 unspecified atom stereocenters. The van der Waals surface area contributed by atoms with E-state index in [1.807, 2.05) is 34.9 Å². The number of hydrogen-bond donors (Lipinski definition) is 1. The molecule has 1 amide bonds. The van der Waals surface area contributed by atoms with Gasteiger partial charge in [-0.25, -0.2) is 0 Å². The number of ether oxygens (including phenoxy) is 2. The molecule has 0 fully saturated rings. The van der Waals surface area contributed by atoms with E-state index < -0.39 is 4.92 Å². The fourth-order valence-corrected chi connectivity index (χ4v) is 3.94. The van der Waals surface area contributed by atoms with Crippen molar-refractivity contribution in [3.63, 3.8) is 0 Å². The van der Waals surface area contributed by atoms with Crippen molar-refractivity contribution < 1.29 is 19.2 Å². The maximum Gasteiger partial charge on any atom is 0.271 e. The number of hydrogen-bond acceptors (Lipinski definition) is 8. The van der Waals surface area contributed by atoms with Crippen molar-refractivity contribution in [2.45, 2.75) is 11.8 Å². The normalized spacial score (nSPS) is 10.5. The van der Waals surface area contributed by atoms with Crippen LogP contribution in [0.25, 0.3) is 5.69 Å². The number of nitrogens with one attached hydrogen (secondary N) is 1. The molecule has 0 aliphatic rings. The van der Waals surface area contributed by atoms with Gasteiger partial charge in [-0.2, -0.15) is 0 Å². The summed E-state index contributed by atoms with van der Waals surface area (Å²) in [6, 6.07) is 22.5. The molecule has 1 heterocycles. The summed E-state index contributed by atoms with van der Waals surface area (Å²) >= 11 is 1.20. The molecule has 1 aromatic heterocycles. The van der Waals surface area contributed by atoms with E-state index in [1.165, 1.54) is 30.0 Å². The van der Waals surface area contributed by atoms with Crippen molar-refractivity contribution in [2.24, 2.45) is 0 Å². The van der Waals surface area contributed by atoms with E-state index in [2.05, 4.69) is 15.5 Å². The molecule has 0 atom stereocenters. The molecule has 4 rings (SSSR count). The number of non-ortho nitro benzene ring substituents is 1. The third kappa shape index (κ3) is 6.15. The lowest BCUT2D eigenvalue weighted by molar-refractivity contribution is -0.384. The lowest BCUT2D eigenvalue weighted by Crippen LogP contribution is -2.15. The number of carbonyl (C=O) groups is 1. The Morgan fingerprint density at radius 2 is 1.77 bits per heavy atom. The zero-order valence-electron chi connectivity index (χ0n) is 18.7. The maximum atomic E-state index is 12.5. The Morgan fingerprint density at radius 1 is 1.03 bits per heavy atom. The van der Waals surface area contributed by atoms with Gasteiger partial charge in [0.15, 0.2) is 11.0 Å². The minimum absolute atomic E-state index is 0.0347. The third-order valence-electron chi connectivity index (χ3n) is 4.82. The molecular formula is C24H21N5O5S. The molecule has 0 saturated carbocycles. The van der Waals surface area contributed by atoms with Gasteiger partial charge in [-0.3, -0.25) is 19.5 Å². The Labute approximate surface area is 205 Å². The third-order valence-corrected chi connectivity index (χ3v) is 5.74. The zero-order valence-corrected chi connectivity index (χ0v) is 19.5. The SMILES string of the molecule is COc1ccc(OCc2nnc(SCC(=O)Nc3cccc([N+](=O)[O-])c3)n2-c2ccccc2)cc1. The van der Waals surface area contributed by atoms with Crippen LogP contribution in [-0.2, 0) is 11.4 Å². The number of aromatic nitrogens is 3. The van der Waals surface area contributed by atoms with Crippen LogP contribution in [0.1, 0.15) is 5.82 Å². The molecule has 35 heavy (non-hydrogen) atoms. The van der Waals surface area contributed by atoms with Crippen LogP contribution in [0.4, 0.5) is 11.4 Å². The largest absolute Gasteiger partial charge is 0.497 e. The Hall–Kier alpha value is -4.38. The number of thioether (sulfide) groups is 1. The monoisotopic (exact) mass is 491 g/mol. The first-order chi connectivity index (χ1) is 17.0. The minimum atomic E-state index is -0.512. The fraction of sp³-hybridized carbons (Fsp3) is 0.125. The van der Waals surface area contributed by atoms with Crippen molar-refractivity contribution in [1.29, 1.82) is 0 Å². The number of nitrogens with zero attached hydrogens (tertiary/aromatic N) is 4. The summed E-state index contributed by atoms with van der Waals surface area (Å²) in [4.78, 5) is 22.9. The lowest BCUT2D eigenvalue weighted by atomic mass is 10.3. The van der Waals surface area contributed by atoms with Crippen LogP contribution in [0.15, 0.2) is 84.0 Å². The first-order valence-corrected chi connectivity index (χ1v) is 11.5. The number of nitro groups is 1. The highest BCUT2D eigenvalue weighted by Crippen LogP contribution is 2.24. The molecule has 0 aliphatic heterocycles. The number of carbonyl (C=O) groups excluding carboxylic acids is 1. The molecule has 4 aromatic rings. The number of anilines is 1. The molecular weight excluding hydrogens is 470 g/mol. The molecule has 11 heteroatoms. The van der Waals surface area contributed by atoms with Gasteiger partial charge in [-0.15, -0.1) is 10.2 Å². The average molecular weight is 492 g/mol. The van der Waals surface area contributed by atoms with Gasteiger partial charge in [0.1, 0.15) is 18.1 Å². The second-order valence-electron chi connectivity index (χ2n) is 7.18. The number of amides is 1. The molecule has 0 radical (unpaired) electrons. The number of nitro benzene ring substituents is 1. The van der Waals surface area contributed by atoms with Gasteiger partial charge in [0.05, 0.1) is 17.8 Å². The molecule has 0 bridgehead atoms. The summed E-state index contributed by atoms with van der Waals surface area (Å²) in [5.41, 5.74) is 1.08. The summed E-state index contributed by atoms with van der Waals surface area (Å²) in [5.74, 6) is 1.65. The Balaban J connectivity index is 1.47. The highest BCUT2D eigenvalue weighted by molar-refractivity contribution is 7.99. The van der Waals surface area contributed by atoms with Crippen LogP contribution in [0, 0.1) is 10.1 Å². The molecule has 0 saturated heterocycles. The molecule has 0 aliphatic carbocycles. The number of rotatable bonds is 10. The van der Waals surface area contributed by atoms with Crippen LogP contribution < -0.4 is 14.8 Å². The van der Waals surface area contributed by atoms with Crippen molar-refractivity contribution >= 4 is 29.0 Å². The van der Waals surface area contributed by atoms with E-state index in [0.29, 0.717) is 22.4 Å². The average Bonchev–Trinajstić information content (AvgIpc) is 3.30. The molecule has 3 aromatic carbocycles. The predicted molar refractivity (Wildman–Crippen MR) is 131 cm³/mol. The van der Waals surface area contributed by atoms with Crippen LogP contribution >= 0.6 is 11.8 Å². The van der Waals surface area contributed by atoms with E-state index in [9.17, 15) is 14.9 Å². The van der Waals surface area contributed by atoms with Gasteiger partial charge in [-0.05, 0) is 42.5 Å². The van der Waals surface area contributed by atoms with Crippen LogP contribution in [0.3, 0.4) is 0 Å². The number of benzene rings is 3. The van der Waals surface area contributed by atoms with E-state index in [4.69, 9.17) is 9.47 Å². The Kier molecular flexibility index (Phi) is 7.58. The van der Waals surface area contributed by atoms with Crippen molar-refractivity contribution in [2.75, 3.05) is 18.2 Å². The van der Waals surface area contributed by atoms with Crippen molar-refractivity contribution in [3.05, 3.63) is 94.8 Å². The summed E-state index contributed by atoms with van der Waals surface area (Å²) in [7, 11) is 1.60. The van der Waals surface area contributed by atoms with Gasteiger partial charge in [0.2, 0.25) is 5.91 Å². The molecule has 10 nitrogen and oxygen atoms in total. The quantitative estimate of drug-likeness (QED) is 0.196. The van der Waals surface area contributed by atoms with E-state index in [0.717, 1.165) is 11.4 Å². The number of para-hydroxylation sites is 1. The number of methoxy groups -OCH3 is 1. The van der Waals surface area contributed by atoms with Crippen LogP contribution in [-0.4, -0.2) is 38.5 Å². The van der Waals surface area contributed by atoms with Gasteiger partial charge < -0.3 is 14.8 Å². The lowest BCUT2D eigenvalue weighted by Gasteiger charge is -2.11. The highest BCUT2D eigenvalue weighted by Gasteiger charge is 2.17. The zero-order chi connectivity index (χ0) is 24.6. The smallest absolute Gasteiger partial charge is 0.271 e. The topological polar surface area (TPSA) is 121 Å². The second-order valence-corrected chi connectivity index (χ2v) is 8.12. The standard InChI is InChI=1S/C24H21N5O5S/c1-33-20-10-12-21(13-11-20)34-15-22-26-27-24(28(22)18-7-3-2-4-8-18)35-16-23(30)25-17-6-5-9-19(14-17)29(31)32/h2-14H,15-16H2,1H3,(H,25,30). The van der Waals surface area contributed by atoms with Gasteiger partial charge in [-0.1, -0.05) is 36.0 Å². The molecule has 1 N–H and O–H groups in total. The van der Waals surface area contributed by atoms with Crippen molar-refractivity contribution in [3.8, 4) is 17.2 Å². The van der Waals surface area contributed by atoms with Gasteiger partial charge in [0.25, 0.3) is 5.69 Å². The first kappa shape index (κ1) is 23.8. The Morgan fingerprint density at radius 3 is 2.49 bits per heavy atom. The van der Waals surface area contributed by atoms with Crippen LogP contribution in [0.2, 0.25) is 0 Å². The summed E-state index contributed by atoms with van der Waals surface area (Å²) in [6.45, 7) is 0.161. The van der Waals surface area contributed by atoms with Gasteiger partial charge in [0, 0.05) is 23.5 Å². The molecule has 0 spiro atoms. The Bertz CT molecular complexity index is 1310.